The first kappa shape index (κ1) is 18.6. The molecule has 6 nitrogen and oxygen atoms in total. The highest BCUT2D eigenvalue weighted by Gasteiger charge is 2.47. The van der Waals surface area contributed by atoms with Crippen molar-refractivity contribution < 1.29 is 23.8 Å². The molecule has 1 amide bonds. The molecule has 2 aliphatic heterocycles. The fourth-order valence-corrected chi connectivity index (χ4v) is 3.49. The molecule has 2 aliphatic rings. The SMILES string of the molecule is CCCC(CCC)(ONC(C)=O)C1OCCC1COCC1CO1. The van der Waals surface area contributed by atoms with Crippen molar-refractivity contribution in [3.05, 3.63) is 0 Å². The van der Waals surface area contributed by atoms with Crippen LogP contribution in [0.25, 0.3) is 0 Å². The first-order chi connectivity index (χ1) is 11.1. The van der Waals surface area contributed by atoms with Gasteiger partial charge >= 0.3 is 0 Å². The third kappa shape index (κ3) is 5.41. The van der Waals surface area contributed by atoms with Crippen molar-refractivity contribution in [3.63, 3.8) is 0 Å². The highest BCUT2D eigenvalue weighted by molar-refractivity contribution is 5.71. The van der Waals surface area contributed by atoms with Crippen molar-refractivity contribution in [2.45, 2.75) is 70.7 Å². The van der Waals surface area contributed by atoms with E-state index in [2.05, 4.69) is 19.3 Å². The minimum absolute atomic E-state index is 0.0469. The number of carbonyl (C=O) groups is 1. The van der Waals surface area contributed by atoms with Gasteiger partial charge in [-0.2, -0.15) is 0 Å². The molecular weight excluding hydrogens is 298 g/mol. The van der Waals surface area contributed by atoms with E-state index >= 15 is 0 Å². The van der Waals surface area contributed by atoms with Crippen LogP contribution >= 0.6 is 0 Å². The number of nitrogens with one attached hydrogen (secondary N) is 1. The quantitative estimate of drug-likeness (QED) is 0.465. The van der Waals surface area contributed by atoms with Crippen molar-refractivity contribution in [2.24, 2.45) is 5.92 Å². The van der Waals surface area contributed by atoms with E-state index in [4.69, 9.17) is 19.0 Å². The highest BCUT2D eigenvalue weighted by Crippen LogP contribution is 2.38. The predicted octanol–water partition coefficient (Wildman–Crippen LogP) is 2.21. The number of epoxide rings is 1. The molecule has 3 unspecified atom stereocenters. The Morgan fingerprint density at radius 1 is 1.22 bits per heavy atom. The summed E-state index contributed by atoms with van der Waals surface area (Å²) in [5.41, 5.74) is 2.08. The summed E-state index contributed by atoms with van der Waals surface area (Å²) >= 11 is 0. The summed E-state index contributed by atoms with van der Waals surface area (Å²) in [5, 5.41) is 0. The fourth-order valence-electron chi connectivity index (χ4n) is 3.49. The Balaban J connectivity index is 2.01. The summed E-state index contributed by atoms with van der Waals surface area (Å²) in [5.74, 6) is 0.110. The third-order valence-electron chi connectivity index (χ3n) is 4.52. The fraction of sp³-hybridized carbons (Fsp3) is 0.941. The van der Waals surface area contributed by atoms with E-state index < -0.39 is 5.60 Å². The lowest BCUT2D eigenvalue weighted by Gasteiger charge is -2.40. The van der Waals surface area contributed by atoms with Crippen molar-refractivity contribution >= 4 is 5.91 Å². The molecule has 2 rings (SSSR count). The van der Waals surface area contributed by atoms with Crippen LogP contribution in [0.2, 0.25) is 0 Å². The van der Waals surface area contributed by atoms with Gasteiger partial charge in [-0.15, -0.1) is 0 Å². The molecule has 2 fully saturated rings. The number of amides is 1. The van der Waals surface area contributed by atoms with Crippen LogP contribution in [0.15, 0.2) is 0 Å². The van der Waals surface area contributed by atoms with Crippen molar-refractivity contribution in [3.8, 4) is 0 Å². The van der Waals surface area contributed by atoms with Gasteiger partial charge in [-0.1, -0.05) is 26.7 Å². The van der Waals surface area contributed by atoms with Gasteiger partial charge in [-0.05, 0) is 19.3 Å². The lowest BCUT2D eigenvalue weighted by atomic mass is 9.81. The summed E-state index contributed by atoms with van der Waals surface area (Å²) in [4.78, 5) is 17.3. The Morgan fingerprint density at radius 2 is 1.91 bits per heavy atom. The molecule has 0 spiro atoms. The van der Waals surface area contributed by atoms with Crippen LogP contribution in [-0.2, 0) is 23.8 Å². The second-order valence-electron chi connectivity index (χ2n) is 6.66. The third-order valence-corrected chi connectivity index (χ3v) is 4.52. The van der Waals surface area contributed by atoms with Gasteiger partial charge in [0.1, 0.15) is 11.7 Å². The number of hydrogen-bond donors (Lipinski definition) is 1. The molecule has 2 heterocycles. The number of ether oxygens (including phenoxy) is 3. The van der Waals surface area contributed by atoms with Crippen LogP contribution in [0.3, 0.4) is 0 Å². The Kier molecular flexibility index (Phi) is 7.27. The number of hydrogen-bond acceptors (Lipinski definition) is 5. The molecule has 1 N–H and O–H groups in total. The van der Waals surface area contributed by atoms with Crippen LogP contribution < -0.4 is 5.48 Å². The minimum atomic E-state index is -0.476. The van der Waals surface area contributed by atoms with Crippen molar-refractivity contribution in [2.75, 3.05) is 26.4 Å². The molecule has 0 saturated carbocycles. The van der Waals surface area contributed by atoms with E-state index in [1.807, 2.05) is 0 Å². The first-order valence-electron chi connectivity index (χ1n) is 8.86. The molecule has 3 atom stereocenters. The van der Waals surface area contributed by atoms with E-state index in [9.17, 15) is 4.79 Å². The van der Waals surface area contributed by atoms with Crippen LogP contribution in [0.5, 0.6) is 0 Å². The Bertz CT molecular complexity index is 366. The normalized spacial score (nSPS) is 27.2. The number of carbonyl (C=O) groups excluding carboxylic acids is 1. The van der Waals surface area contributed by atoms with E-state index in [-0.39, 0.29) is 18.1 Å². The predicted molar refractivity (Wildman–Crippen MR) is 85.9 cm³/mol. The van der Waals surface area contributed by atoms with Gasteiger partial charge in [0.2, 0.25) is 5.91 Å². The van der Waals surface area contributed by atoms with Crippen LogP contribution in [0.4, 0.5) is 0 Å². The van der Waals surface area contributed by atoms with Gasteiger partial charge in [0.05, 0.1) is 25.9 Å². The summed E-state index contributed by atoms with van der Waals surface area (Å²) in [6.07, 6.45) is 4.86. The molecule has 0 aliphatic carbocycles. The van der Waals surface area contributed by atoms with Crippen molar-refractivity contribution in [1.82, 2.24) is 5.48 Å². The lowest BCUT2D eigenvalue weighted by Crippen LogP contribution is -2.52. The molecular formula is C17H31NO5. The molecule has 23 heavy (non-hydrogen) atoms. The molecule has 0 aromatic heterocycles. The number of rotatable bonds is 11. The maximum absolute atomic E-state index is 11.3. The number of hydroxylamine groups is 1. The summed E-state index contributed by atoms with van der Waals surface area (Å²) < 4.78 is 17.0. The largest absolute Gasteiger partial charge is 0.378 e. The topological polar surface area (TPSA) is 69.3 Å². The Labute approximate surface area is 139 Å². The highest BCUT2D eigenvalue weighted by atomic mass is 16.7. The van der Waals surface area contributed by atoms with Crippen LogP contribution in [-0.4, -0.2) is 50.1 Å². The van der Waals surface area contributed by atoms with Crippen LogP contribution in [0.1, 0.15) is 52.9 Å². The molecule has 2 saturated heterocycles. The van der Waals surface area contributed by atoms with Crippen LogP contribution in [0, 0.1) is 5.92 Å². The first-order valence-corrected chi connectivity index (χ1v) is 8.86. The average Bonchev–Trinajstić information content (AvgIpc) is 3.21. The van der Waals surface area contributed by atoms with Gasteiger partial charge in [0, 0.05) is 19.4 Å². The van der Waals surface area contributed by atoms with E-state index in [1.165, 1.54) is 6.92 Å². The van der Waals surface area contributed by atoms with E-state index in [0.717, 1.165) is 45.3 Å². The smallest absolute Gasteiger partial charge is 0.240 e. The van der Waals surface area contributed by atoms with Gasteiger partial charge in [0.25, 0.3) is 0 Å². The van der Waals surface area contributed by atoms with E-state index in [0.29, 0.717) is 19.1 Å². The molecule has 0 aromatic carbocycles. The molecule has 0 bridgehead atoms. The second-order valence-corrected chi connectivity index (χ2v) is 6.66. The minimum Gasteiger partial charge on any atom is -0.378 e. The zero-order valence-electron chi connectivity index (χ0n) is 14.6. The molecule has 134 valence electrons. The summed E-state index contributed by atoms with van der Waals surface area (Å²) in [7, 11) is 0. The Hall–Kier alpha value is -0.690. The second kappa shape index (κ2) is 8.97. The summed E-state index contributed by atoms with van der Waals surface area (Å²) in [6, 6.07) is 0. The maximum atomic E-state index is 11.3. The Morgan fingerprint density at radius 3 is 2.48 bits per heavy atom. The zero-order chi connectivity index (χ0) is 16.7. The average molecular weight is 329 g/mol. The molecule has 6 heteroatoms. The van der Waals surface area contributed by atoms with Gasteiger partial charge in [-0.25, -0.2) is 5.48 Å². The monoisotopic (exact) mass is 329 g/mol. The van der Waals surface area contributed by atoms with Gasteiger partial charge in [0.15, 0.2) is 0 Å². The molecule has 0 radical (unpaired) electrons. The van der Waals surface area contributed by atoms with Gasteiger partial charge in [-0.3, -0.25) is 9.63 Å². The lowest BCUT2D eigenvalue weighted by molar-refractivity contribution is -0.194. The standard InChI is InChI=1S/C17H31NO5/c1-4-7-17(8-5-2,23-18-13(3)19)16-14(6-9-21-16)10-20-11-15-12-22-15/h14-16H,4-12H2,1-3H3,(H,18,19). The van der Waals surface area contributed by atoms with E-state index in [1.54, 1.807) is 0 Å². The zero-order valence-corrected chi connectivity index (χ0v) is 14.6. The van der Waals surface area contributed by atoms with Crippen molar-refractivity contribution in [1.29, 1.82) is 0 Å². The molecule has 0 aromatic rings. The summed E-state index contributed by atoms with van der Waals surface area (Å²) in [6.45, 7) is 8.57. The maximum Gasteiger partial charge on any atom is 0.240 e. The van der Waals surface area contributed by atoms with Gasteiger partial charge < -0.3 is 14.2 Å².